The molecular weight excluding hydrogens is 481 g/mol. The second-order valence-electron chi connectivity index (χ2n) is 7.79. The summed E-state index contributed by atoms with van der Waals surface area (Å²) in [4.78, 5) is 9.49. The Labute approximate surface area is 192 Å². The molecule has 2 aliphatic rings. The normalized spacial score (nSPS) is 22.3. The second-order valence-corrected chi connectivity index (χ2v) is 7.79. The van der Waals surface area contributed by atoms with E-state index in [-0.39, 0.29) is 30.0 Å². The van der Waals surface area contributed by atoms with Crippen molar-refractivity contribution in [3.63, 3.8) is 0 Å². The SMILES string of the molecule is CN=C(NCC1CCCN1CCOC)NCC(c1ccco1)N1CCCCC1.I. The number of guanidine groups is 1. The molecule has 29 heavy (non-hydrogen) atoms. The number of ether oxygens (including phenoxy) is 1. The molecule has 2 fully saturated rings. The Hall–Kier alpha value is -0.840. The van der Waals surface area contributed by atoms with Crippen LogP contribution >= 0.6 is 24.0 Å². The van der Waals surface area contributed by atoms with Gasteiger partial charge in [0.2, 0.25) is 0 Å². The van der Waals surface area contributed by atoms with E-state index in [2.05, 4.69) is 31.5 Å². The van der Waals surface area contributed by atoms with E-state index >= 15 is 0 Å². The zero-order valence-corrected chi connectivity index (χ0v) is 20.3. The molecule has 0 amide bonds. The Morgan fingerprint density at radius 3 is 2.76 bits per heavy atom. The average Bonchev–Trinajstić information content (AvgIpc) is 3.42. The number of piperidine rings is 1. The van der Waals surface area contributed by atoms with E-state index in [9.17, 15) is 0 Å². The van der Waals surface area contributed by atoms with E-state index in [1.54, 1.807) is 13.4 Å². The number of likely N-dealkylation sites (tertiary alicyclic amines) is 2. The summed E-state index contributed by atoms with van der Waals surface area (Å²) < 4.78 is 11.0. The van der Waals surface area contributed by atoms with Crippen LogP contribution in [0.5, 0.6) is 0 Å². The van der Waals surface area contributed by atoms with E-state index < -0.39 is 0 Å². The standard InChI is InChI=1S/C21H37N5O2.HI/c1-22-21(23-16-18-8-6-12-25(18)13-15-27-2)24-17-19(20-9-7-14-28-20)26-10-4-3-5-11-26;/h7,9,14,18-19H,3-6,8,10-13,15-17H2,1-2H3,(H2,22,23,24);1H. The molecule has 0 spiro atoms. The first-order valence-electron chi connectivity index (χ1n) is 10.8. The summed E-state index contributed by atoms with van der Waals surface area (Å²) in [6.07, 6.45) is 8.13. The topological polar surface area (TPSA) is 65.3 Å². The molecular formula is C21H38IN5O2. The van der Waals surface area contributed by atoms with E-state index in [0.717, 1.165) is 57.6 Å². The van der Waals surface area contributed by atoms with E-state index in [1.807, 2.05) is 13.1 Å². The van der Waals surface area contributed by atoms with Crippen molar-refractivity contribution in [1.82, 2.24) is 20.4 Å². The highest BCUT2D eigenvalue weighted by Gasteiger charge is 2.26. The maximum Gasteiger partial charge on any atom is 0.191 e. The van der Waals surface area contributed by atoms with Gasteiger partial charge in [0.05, 0.1) is 18.9 Å². The van der Waals surface area contributed by atoms with Crippen LogP contribution in [0.1, 0.15) is 43.9 Å². The number of rotatable bonds is 9. The highest BCUT2D eigenvalue weighted by molar-refractivity contribution is 14.0. The molecule has 8 heteroatoms. The highest BCUT2D eigenvalue weighted by Crippen LogP contribution is 2.24. The summed E-state index contributed by atoms with van der Waals surface area (Å²) in [6.45, 7) is 6.95. The molecule has 0 aliphatic carbocycles. The van der Waals surface area contributed by atoms with Gasteiger partial charge in [-0.05, 0) is 57.5 Å². The molecule has 166 valence electrons. The van der Waals surface area contributed by atoms with Gasteiger partial charge in [-0.1, -0.05) is 6.42 Å². The van der Waals surface area contributed by atoms with Gasteiger partial charge < -0.3 is 19.8 Å². The molecule has 2 saturated heterocycles. The van der Waals surface area contributed by atoms with Crippen LogP contribution < -0.4 is 10.6 Å². The van der Waals surface area contributed by atoms with Crippen molar-refractivity contribution >= 4 is 29.9 Å². The van der Waals surface area contributed by atoms with Crippen LogP contribution in [0.25, 0.3) is 0 Å². The van der Waals surface area contributed by atoms with Gasteiger partial charge in [-0.2, -0.15) is 0 Å². The van der Waals surface area contributed by atoms with Crippen molar-refractivity contribution in [2.75, 3.05) is 60.0 Å². The number of hydrogen-bond acceptors (Lipinski definition) is 5. The maximum atomic E-state index is 5.75. The third kappa shape index (κ3) is 7.41. The lowest BCUT2D eigenvalue weighted by atomic mass is 10.1. The molecule has 2 unspecified atom stereocenters. The molecule has 0 bridgehead atoms. The fourth-order valence-corrected chi connectivity index (χ4v) is 4.38. The molecule has 1 aromatic heterocycles. The second kappa shape index (κ2) is 13.5. The van der Waals surface area contributed by atoms with E-state index in [0.29, 0.717) is 6.04 Å². The van der Waals surface area contributed by atoms with Gasteiger partial charge in [-0.15, -0.1) is 24.0 Å². The first-order chi connectivity index (χ1) is 13.8. The molecule has 1 aromatic rings. The first-order valence-corrected chi connectivity index (χ1v) is 10.8. The van der Waals surface area contributed by atoms with Crippen LogP contribution in [-0.4, -0.2) is 81.8 Å². The van der Waals surface area contributed by atoms with Crippen molar-refractivity contribution in [3.8, 4) is 0 Å². The third-order valence-electron chi connectivity index (χ3n) is 5.98. The molecule has 3 heterocycles. The minimum absolute atomic E-state index is 0. The number of methoxy groups -OCH3 is 1. The number of hydrogen-bond donors (Lipinski definition) is 2. The lowest BCUT2D eigenvalue weighted by molar-refractivity contribution is 0.141. The summed E-state index contributed by atoms with van der Waals surface area (Å²) in [5, 5.41) is 7.06. The molecule has 2 atom stereocenters. The third-order valence-corrected chi connectivity index (χ3v) is 5.98. The minimum Gasteiger partial charge on any atom is -0.468 e. The van der Waals surface area contributed by atoms with Crippen molar-refractivity contribution in [2.24, 2.45) is 4.99 Å². The van der Waals surface area contributed by atoms with Gasteiger partial charge in [0.25, 0.3) is 0 Å². The Kier molecular flexibility index (Phi) is 11.3. The smallest absolute Gasteiger partial charge is 0.191 e. The van der Waals surface area contributed by atoms with Gasteiger partial charge in [0.1, 0.15) is 5.76 Å². The van der Waals surface area contributed by atoms with Crippen LogP contribution in [0.2, 0.25) is 0 Å². The maximum absolute atomic E-state index is 5.75. The van der Waals surface area contributed by atoms with Crippen LogP contribution in [-0.2, 0) is 4.74 Å². The zero-order chi connectivity index (χ0) is 19.6. The van der Waals surface area contributed by atoms with Crippen LogP contribution in [0.15, 0.2) is 27.8 Å². The van der Waals surface area contributed by atoms with Crippen LogP contribution in [0.4, 0.5) is 0 Å². The molecule has 0 radical (unpaired) electrons. The Bertz CT molecular complexity index is 578. The van der Waals surface area contributed by atoms with Crippen LogP contribution in [0.3, 0.4) is 0 Å². The fourth-order valence-electron chi connectivity index (χ4n) is 4.38. The Balaban J connectivity index is 0.00000300. The van der Waals surface area contributed by atoms with Crippen LogP contribution in [0, 0.1) is 0 Å². The first kappa shape index (κ1) is 24.4. The minimum atomic E-state index is 0. The summed E-state index contributed by atoms with van der Waals surface area (Å²) >= 11 is 0. The summed E-state index contributed by atoms with van der Waals surface area (Å²) in [7, 11) is 3.61. The molecule has 7 nitrogen and oxygen atoms in total. The largest absolute Gasteiger partial charge is 0.468 e. The quantitative estimate of drug-likeness (QED) is 0.297. The predicted octanol–water partition coefficient (Wildman–Crippen LogP) is 2.70. The monoisotopic (exact) mass is 519 g/mol. The van der Waals surface area contributed by atoms with E-state index in [4.69, 9.17) is 9.15 Å². The van der Waals surface area contributed by atoms with Gasteiger partial charge in [0.15, 0.2) is 5.96 Å². The van der Waals surface area contributed by atoms with Crippen molar-refractivity contribution in [2.45, 2.75) is 44.2 Å². The molecule has 3 rings (SSSR count). The van der Waals surface area contributed by atoms with Gasteiger partial charge in [-0.3, -0.25) is 14.8 Å². The van der Waals surface area contributed by atoms with Gasteiger partial charge >= 0.3 is 0 Å². The average molecular weight is 519 g/mol. The van der Waals surface area contributed by atoms with Gasteiger partial charge in [0, 0.05) is 39.8 Å². The molecule has 0 saturated carbocycles. The number of furan rings is 1. The molecule has 2 N–H and O–H groups in total. The number of aliphatic imine (C=N–C) groups is 1. The Morgan fingerprint density at radius 2 is 2.07 bits per heavy atom. The van der Waals surface area contributed by atoms with Crippen molar-refractivity contribution in [1.29, 1.82) is 0 Å². The lowest BCUT2D eigenvalue weighted by Gasteiger charge is -2.34. The highest BCUT2D eigenvalue weighted by atomic mass is 127. The summed E-state index contributed by atoms with van der Waals surface area (Å²) in [5.41, 5.74) is 0. The lowest BCUT2D eigenvalue weighted by Crippen LogP contribution is -2.48. The molecule has 2 aliphatic heterocycles. The van der Waals surface area contributed by atoms with E-state index in [1.165, 1.54) is 32.1 Å². The number of nitrogens with zero attached hydrogens (tertiary/aromatic N) is 3. The van der Waals surface area contributed by atoms with Crippen molar-refractivity contribution in [3.05, 3.63) is 24.2 Å². The summed E-state index contributed by atoms with van der Waals surface area (Å²) in [5.74, 6) is 1.90. The van der Waals surface area contributed by atoms with Gasteiger partial charge in [-0.25, -0.2) is 0 Å². The predicted molar refractivity (Wildman–Crippen MR) is 128 cm³/mol. The fraction of sp³-hybridized carbons (Fsp3) is 0.762. The molecule has 0 aromatic carbocycles. The Morgan fingerprint density at radius 1 is 1.24 bits per heavy atom. The van der Waals surface area contributed by atoms with Crippen molar-refractivity contribution < 1.29 is 9.15 Å². The number of nitrogens with one attached hydrogen (secondary N) is 2. The summed E-state index contributed by atoms with van der Waals surface area (Å²) in [6, 6.07) is 4.87. The zero-order valence-electron chi connectivity index (χ0n) is 17.9. The number of halogens is 1.